The van der Waals surface area contributed by atoms with E-state index in [9.17, 15) is 4.79 Å². The number of hydrogen-bond acceptors (Lipinski definition) is 5. The Morgan fingerprint density at radius 1 is 1.25 bits per heavy atom. The lowest BCUT2D eigenvalue weighted by Crippen LogP contribution is -2.49. The minimum atomic E-state index is -0.296. The van der Waals surface area contributed by atoms with Crippen LogP contribution in [0.3, 0.4) is 0 Å². The van der Waals surface area contributed by atoms with Crippen LogP contribution in [-0.4, -0.2) is 56.6 Å². The molecule has 0 spiro atoms. The average Bonchev–Trinajstić information content (AvgIpc) is 3.25. The van der Waals surface area contributed by atoms with E-state index in [-0.39, 0.29) is 18.2 Å². The fourth-order valence-electron chi connectivity index (χ4n) is 3.54. The van der Waals surface area contributed by atoms with Gasteiger partial charge in [0.25, 0.3) is 0 Å². The lowest BCUT2D eigenvalue weighted by atomic mass is 10.0. The van der Waals surface area contributed by atoms with Crippen LogP contribution in [0, 0.1) is 5.92 Å². The van der Waals surface area contributed by atoms with Crippen molar-refractivity contribution in [1.82, 2.24) is 4.90 Å². The number of methoxy groups -OCH3 is 1. The first kappa shape index (κ1) is 20.7. The van der Waals surface area contributed by atoms with Gasteiger partial charge in [-0.2, -0.15) is 0 Å². The molecule has 2 fully saturated rings. The molecule has 2 aliphatic rings. The van der Waals surface area contributed by atoms with Crippen molar-refractivity contribution >= 4 is 12.0 Å². The predicted octanol–water partition coefficient (Wildman–Crippen LogP) is 3.50. The van der Waals surface area contributed by atoms with Crippen molar-refractivity contribution in [1.29, 1.82) is 0 Å². The lowest BCUT2D eigenvalue weighted by Gasteiger charge is -2.37. The molecule has 0 N–H and O–H groups in total. The maximum absolute atomic E-state index is 12.8. The van der Waals surface area contributed by atoms with E-state index in [1.54, 1.807) is 13.2 Å². The fourth-order valence-corrected chi connectivity index (χ4v) is 3.54. The Morgan fingerprint density at radius 2 is 2.04 bits per heavy atom. The summed E-state index contributed by atoms with van der Waals surface area (Å²) in [6, 6.07) is 5.69. The second kappa shape index (κ2) is 9.94. The molecular weight excluding hydrogens is 358 g/mol. The van der Waals surface area contributed by atoms with Crippen molar-refractivity contribution in [2.45, 2.75) is 45.4 Å². The zero-order valence-electron chi connectivity index (χ0n) is 17.1. The molecule has 6 heteroatoms. The summed E-state index contributed by atoms with van der Waals surface area (Å²) in [6.07, 6.45) is 6.17. The third-order valence-corrected chi connectivity index (χ3v) is 4.97. The fraction of sp³-hybridized carbons (Fsp3) is 0.591. The molecule has 1 aromatic carbocycles. The third kappa shape index (κ3) is 5.26. The van der Waals surface area contributed by atoms with Crippen LogP contribution in [0.15, 0.2) is 24.3 Å². The van der Waals surface area contributed by atoms with Gasteiger partial charge in [0.05, 0.1) is 33.0 Å². The molecular formula is C22H31NO5. The van der Waals surface area contributed by atoms with E-state index >= 15 is 0 Å². The normalized spacial score (nSPS) is 20.9. The van der Waals surface area contributed by atoms with Crippen molar-refractivity contribution in [3.05, 3.63) is 29.8 Å². The van der Waals surface area contributed by atoms with Crippen LogP contribution < -0.4 is 9.47 Å². The molecule has 0 aromatic heterocycles. The minimum absolute atomic E-state index is 0.00487. The molecule has 0 saturated carbocycles. The summed E-state index contributed by atoms with van der Waals surface area (Å²) >= 11 is 0. The van der Waals surface area contributed by atoms with Crippen LogP contribution in [-0.2, 0) is 14.3 Å². The monoisotopic (exact) mass is 389 g/mol. The summed E-state index contributed by atoms with van der Waals surface area (Å²) in [4.78, 5) is 14.7. The number of ether oxygens (including phenoxy) is 4. The van der Waals surface area contributed by atoms with Crippen LogP contribution in [0.1, 0.15) is 38.7 Å². The second-order valence-electron chi connectivity index (χ2n) is 7.65. The molecule has 2 aliphatic heterocycles. The van der Waals surface area contributed by atoms with Gasteiger partial charge in [-0.1, -0.05) is 19.9 Å². The molecule has 154 valence electrons. The van der Waals surface area contributed by atoms with Crippen LogP contribution in [0.2, 0.25) is 0 Å². The summed E-state index contributed by atoms with van der Waals surface area (Å²) in [5.41, 5.74) is 0.893. The van der Waals surface area contributed by atoms with Gasteiger partial charge in [0, 0.05) is 12.6 Å². The highest BCUT2D eigenvalue weighted by atomic mass is 16.7. The molecule has 2 saturated heterocycles. The molecule has 2 heterocycles. The SMILES string of the molecule is COc1cc(/C=C/C(=O)N2CCCCC2C2OCCO2)ccc1OCC(C)C. The van der Waals surface area contributed by atoms with E-state index in [2.05, 4.69) is 13.8 Å². The molecule has 1 amide bonds. The zero-order valence-corrected chi connectivity index (χ0v) is 17.1. The van der Waals surface area contributed by atoms with E-state index in [4.69, 9.17) is 18.9 Å². The van der Waals surface area contributed by atoms with Gasteiger partial charge < -0.3 is 23.8 Å². The van der Waals surface area contributed by atoms with Gasteiger partial charge in [-0.15, -0.1) is 0 Å². The van der Waals surface area contributed by atoms with E-state index < -0.39 is 0 Å². The highest BCUT2D eigenvalue weighted by Gasteiger charge is 2.35. The van der Waals surface area contributed by atoms with Crippen molar-refractivity contribution in [2.75, 3.05) is 33.5 Å². The highest BCUT2D eigenvalue weighted by molar-refractivity contribution is 5.92. The van der Waals surface area contributed by atoms with Gasteiger partial charge in [-0.25, -0.2) is 0 Å². The topological polar surface area (TPSA) is 57.2 Å². The number of amides is 1. The quantitative estimate of drug-likeness (QED) is 0.668. The van der Waals surface area contributed by atoms with Gasteiger partial charge in [0.1, 0.15) is 0 Å². The maximum atomic E-state index is 12.8. The van der Waals surface area contributed by atoms with Crippen LogP contribution in [0.4, 0.5) is 0 Å². The standard InChI is InChI=1S/C22H31NO5/c1-16(2)15-28-19-9-7-17(14-20(19)25-3)8-10-21(24)23-11-5-4-6-18(23)22-26-12-13-27-22/h7-10,14,16,18,22H,4-6,11-13,15H2,1-3H3/b10-8+. The average molecular weight is 389 g/mol. The number of rotatable bonds is 7. The first-order chi connectivity index (χ1) is 13.6. The van der Waals surface area contributed by atoms with Crippen molar-refractivity contribution < 1.29 is 23.7 Å². The number of likely N-dealkylation sites (tertiary alicyclic amines) is 1. The molecule has 0 radical (unpaired) electrons. The Kier molecular flexibility index (Phi) is 7.34. The number of carbonyl (C=O) groups is 1. The van der Waals surface area contributed by atoms with E-state index in [1.165, 1.54) is 0 Å². The number of piperidine rings is 1. The lowest BCUT2D eigenvalue weighted by molar-refractivity contribution is -0.145. The zero-order chi connectivity index (χ0) is 19.9. The van der Waals surface area contributed by atoms with Gasteiger partial charge in [0.2, 0.25) is 5.91 Å². The second-order valence-corrected chi connectivity index (χ2v) is 7.65. The predicted molar refractivity (Wildman–Crippen MR) is 107 cm³/mol. The molecule has 28 heavy (non-hydrogen) atoms. The molecule has 0 bridgehead atoms. The van der Waals surface area contributed by atoms with Crippen molar-refractivity contribution in [2.24, 2.45) is 5.92 Å². The Morgan fingerprint density at radius 3 is 2.75 bits per heavy atom. The molecule has 3 rings (SSSR count). The molecule has 1 aromatic rings. The first-order valence-corrected chi connectivity index (χ1v) is 10.1. The molecule has 0 aliphatic carbocycles. The van der Waals surface area contributed by atoms with Gasteiger partial charge in [0.15, 0.2) is 17.8 Å². The molecule has 6 nitrogen and oxygen atoms in total. The van der Waals surface area contributed by atoms with E-state index in [0.717, 1.165) is 31.4 Å². The molecule has 1 unspecified atom stereocenters. The first-order valence-electron chi connectivity index (χ1n) is 10.1. The Hall–Kier alpha value is -2.05. The number of hydrogen-bond donors (Lipinski definition) is 0. The van der Waals surface area contributed by atoms with Gasteiger partial charge in [-0.3, -0.25) is 4.79 Å². The van der Waals surface area contributed by atoms with Gasteiger partial charge in [-0.05, 0) is 49.0 Å². The van der Waals surface area contributed by atoms with Crippen LogP contribution in [0.25, 0.3) is 6.08 Å². The summed E-state index contributed by atoms with van der Waals surface area (Å²) in [5, 5.41) is 0. The van der Waals surface area contributed by atoms with Crippen molar-refractivity contribution in [3.8, 4) is 11.5 Å². The summed E-state index contributed by atoms with van der Waals surface area (Å²) in [6.45, 7) is 6.78. The minimum Gasteiger partial charge on any atom is -0.493 e. The van der Waals surface area contributed by atoms with Gasteiger partial charge >= 0.3 is 0 Å². The number of carbonyl (C=O) groups excluding carboxylic acids is 1. The summed E-state index contributed by atoms with van der Waals surface area (Å²) in [7, 11) is 1.62. The number of nitrogens with zero attached hydrogens (tertiary/aromatic N) is 1. The number of benzene rings is 1. The van der Waals surface area contributed by atoms with Crippen LogP contribution in [0.5, 0.6) is 11.5 Å². The molecule has 1 atom stereocenters. The largest absolute Gasteiger partial charge is 0.493 e. The summed E-state index contributed by atoms with van der Waals surface area (Å²) < 4.78 is 22.5. The maximum Gasteiger partial charge on any atom is 0.246 e. The van der Waals surface area contributed by atoms with Crippen molar-refractivity contribution in [3.63, 3.8) is 0 Å². The van der Waals surface area contributed by atoms with E-state index in [0.29, 0.717) is 37.2 Å². The summed E-state index contributed by atoms with van der Waals surface area (Å²) in [5.74, 6) is 1.81. The Labute approximate surface area is 167 Å². The van der Waals surface area contributed by atoms with E-state index in [1.807, 2.05) is 29.2 Å². The smallest absolute Gasteiger partial charge is 0.246 e. The Balaban J connectivity index is 1.67. The van der Waals surface area contributed by atoms with Crippen LogP contribution >= 0.6 is 0 Å². The highest BCUT2D eigenvalue weighted by Crippen LogP contribution is 2.29. The third-order valence-electron chi connectivity index (χ3n) is 4.97. The Bertz CT molecular complexity index is 682.